The van der Waals surface area contributed by atoms with Crippen LogP contribution < -0.4 is 10.6 Å². The van der Waals surface area contributed by atoms with Crippen LogP contribution in [-0.4, -0.2) is 30.8 Å². The highest BCUT2D eigenvalue weighted by Gasteiger charge is 2.23. The fourth-order valence-corrected chi connectivity index (χ4v) is 1.46. The SMILES string of the molecule is C=CCNC(=O)C(=O)C(CCCC)NCCC.CC.[HH].[HH]. The first-order valence-electron chi connectivity index (χ1n) is 7.33. The number of carbonyl (C=O) groups is 2. The maximum Gasteiger partial charge on any atom is 0.289 e. The molecule has 0 bridgehead atoms. The van der Waals surface area contributed by atoms with Crippen molar-refractivity contribution in [3.63, 3.8) is 0 Å². The van der Waals surface area contributed by atoms with Gasteiger partial charge in [0, 0.05) is 9.40 Å². The number of unbranched alkanes of at least 4 members (excludes halogenated alkanes) is 1. The molecule has 0 rings (SSSR count). The number of amides is 1. The standard InChI is InChI=1S/C13H24N2O2.C2H6.2H2/c1-4-7-8-11(14-9-5-2)12(16)13(17)15-10-6-3;1-2;;/h6,11,14H,3-5,7-10H2,1-2H3,(H,15,17);1-2H3;2*1H. The quantitative estimate of drug-likeness (QED) is 0.476. The molecule has 0 aromatic carbocycles. The highest BCUT2D eigenvalue weighted by molar-refractivity contribution is 6.38. The highest BCUT2D eigenvalue weighted by Crippen LogP contribution is 2.02. The Hall–Kier alpha value is -1.16. The van der Waals surface area contributed by atoms with Crippen LogP contribution in [0, 0.1) is 0 Å². The molecule has 0 aliphatic heterocycles. The third-order valence-corrected chi connectivity index (χ3v) is 2.43. The van der Waals surface area contributed by atoms with Crippen LogP contribution in [0.1, 0.15) is 56.2 Å². The summed E-state index contributed by atoms with van der Waals surface area (Å²) < 4.78 is 0. The topological polar surface area (TPSA) is 58.2 Å². The first-order chi connectivity index (χ1) is 9.17. The minimum atomic E-state index is -0.519. The van der Waals surface area contributed by atoms with Gasteiger partial charge in [0.05, 0.1) is 6.04 Å². The molecule has 0 radical (unpaired) electrons. The summed E-state index contributed by atoms with van der Waals surface area (Å²) in [7, 11) is 0. The molecule has 4 nitrogen and oxygen atoms in total. The van der Waals surface area contributed by atoms with Crippen molar-refractivity contribution in [2.75, 3.05) is 13.1 Å². The average Bonchev–Trinajstić information content (AvgIpc) is 2.46. The lowest BCUT2D eigenvalue weighted by molar-refractivity contribution is -0.139. The number of nitrogens with one attached hydrogen (secondary N) is 2. The zero-order valence-electron chi connectivity index (χ0n) is 12.9. The molecule has 4 heteroatoms. The van der Waals surface area contributed by atoms with E-state index in [0.29, 0.717) is 6.54 Å². The summed E-state index contributed by atoms with van der Waals surface area (Å²) in [5.74, 6) is -0.886. The molecule has 2 N–H and O–H groups in total. The summed E-state index contributed by atoms with van der Waals surface area (Å²) in [5.41, 5.74) is 0. The number of rotatable bonds is 10. The monoisotopic (exact) mass is 274 g/mol. The second kappa shape index (κ2) is 14.9. The molecule has 0 aromatic heterocycles. The van der Waals surface area contributed by atoms with Crippen LogP contribution in [0.15, 0.2) is 12.7 Å². The molecular weight excluding hydrogens is 240 g/mol. The molecule has 19 heavy (non-hydrogen) atoms. The van der Waals surface area contributed by atoms with Gasteiger partial charge in [-0.05, 0) is 19.4 Å². The smallest absolute Gasteiger partial charge is 0.289 e. The first-order valence-corrected chi connectivity index (χ1v) is 7.33. The number of hydrogen-bond acceptors (Lipinski definition) is 3. The maximum absolute atomic E-state index is 11.9. The van der Waals surface area contributed by atoms with Crippen molar-refractivity contribution in [1.82, 2.24) is 10.6 Å². The lowest BCUT2D eigenvalue weighted by Crippen LogP contribution is -2.45. The maximum atomic E-state index is 11.9. The molecule has 0 saturated carbocycles. The van der Waals surface area contributed by atoms with Crippen LogP contribution in [0.3, 0.4) is 0 Å². The Balaban J connectivity index is -0.000000344. The van der Waals surface area contributed by atoms with Crippen molar-refractivity contribution < 1.29 is 12.4 Å². The summed E-state index contributed by atoms with van der Waals surface area (Å²) in [4.78, 5) is 23.4. The highest BCUT2D eigenvalue weighted by atomic mass is 16.2. The second-order valence-corrected chi connectivity index (χ2v) is 4.01. The normalized spacial score (nSPS) is 10.9. The van der Waals surface area contributed by atoms with Gasteiger partial charge in [-0.3, -0.25) is 9.59 Å². The second-order valence-electron chi connectivity index (χ2n) is 4.01. The zero-order chi connectivity index (χ0) is 15.1. The Morgan fingerprint density at radius 1 is 1.26 bits per heavy atom. The average molecular weight is 274 g/mol. The summed E-state index contributed by atoms with van der Waals surface area (Å²) >= 11 is 0. The van der Waals surface area contributed by atoms with Gasteiger partial charge in [0.2, 0.25) is 5.78 Å². The summed E-state index contributed by atoms with van der Waals surface area (Å²) in [6.07, 6.45) is 5.19. The Morgan fingerprint density at radius 3 is 2.37 bits per heavy atom. The summed E-state index contributed by atoms with van der Waals surface area (Å²) in [6.45, 7) is 12.7. The Labute approximate surface area is 121 Å². The van der Waals surface area contributed by atoms with Crippen molar-refractivity contribution in [2.45, 2.75) is 59.4 Å². The minimum Gasteiger partial charge on any atom is -0.346 e. The van der Waals surface area contributed by atoms with Gasteiger partial charge in [0.15, 0.2) is 0 Å². The predicted octanol–water partition coefficient (Wildman–Crippen LogP) is 2.93. The van der Waals surface area contributed by atoms with Gasteiger partial charge in [-0.15, -0.1) is 6.58 Å². The molecule has 0 aliphatic rings. The number of ketones is 1. The van der Waals surface area contributed by atoms with Gasteiger partial charge in [-0.25, -0.2) is 0 Å². The molecule has 0 aromatic rings. The summed E-state index contributed by atoms with van der Waals surface area (Å²) in [5, 5.41) is 5.64. The van der Waals surface area contributed by atoms with Gasteiger partial charge in [-0.2, -0.15) is 0 Å². The van der Waals surface area contributed by atoms with Gasteiger partial charge < -0.3 is 10.6 Å². The third kappa shape index (κ3) is 10.4. The molecular formula is C15H34N2O2. The zero-order valence-corrected chi connectivity index (χ0v) is 12.9. The van der Waals surface area contributed by atoms with Gasteiger partial charge in [0.25, 0.3) is 5.91 Å². The van der Waals surface area contributed by atoms with Gasteiger partial charge in [-0.1, -0.05) is 46.6 Å². The number of Topliss-reactive ketones (excluding diaryl/α,β-unsaturated/α-hetero) is 1. The molecule has 0 heterocycles. The van der Waals surface area contributed by atoms with E-state index in [0.717, 1.165) is 32.2 Å². The third-order valence-electron chi connectivity index (χ3n) is 2.43. The molecule has 1 amide bonds. The van der Waals surface area contributed by atoms with E-state index in [1.54, 1.807) is 6.08 Å². The lowest BCUT2D eigenvalue weighted by Gasteiger charge is -2.16. The van der Waals surface area contributed by atoms with Crippen LogP contribution >= 0.6 is 0 Å². The lowest BCUT2D eigenvalue weighted by atomic mass is 10.0. The Kier molecular flexibility index (Phi) is 15.8. The van der Waals surface area contributed by atoms with Gasteiger partial charge >= 0.3 is 0 Å². The van der Waals surface area contributed by atoms with E-state index in [1.165, 1.54) is 0 Å². The van der Waals surface area contributed by atoms with Crippen molar-refractivity contribution in [2.24, 2.45) is 0 Å². The number of hydrogen-bond donors (Lipinski definition) is 2. The van der Waals surface area contributed by atoms with Crippen LogP contribution in [0.5, 0.6) is 0 Å². The van der Waals surface area contributed by atoms with Crippen LogP contribution in [0.25, 0.3) is 0 Å². The number of carbonyl (C=O) groups excluding carboxylic acids is 2. The first kappa shape index (κ1) is 20.2. The van der Waals surface area contributed by atoms with Crippen molar-refractivity contribution >= 4 is 11.7 Å². The minimum absolute atomic E-state index is 0. The molecule has 1 unspecified atom stereocenters. The molecule has 1 atom stereocenters. The van der Waals surface area contributed by atoms with Crippen LogP contribution in [-0.2, 0) is 9.59 Å². The van der Waals surface area contributed by atoms with E-state index in [9.17, 15) is 9.59 Å². The molecule has 0 spiro atoms. The fourth-order valence-electron chi connectivity index (χ4n) is 1.46. The van der Waals surface area contributed by atoms with E-state index < -0.39 is 5.91 Å². The van der Waals surface area contributed by atoms with Gasteiger partial charge in [0.1, 0.15) is 0 Å². The van der Waals surface area contributed by atoms with E-state index in [4.69, 9.17) is 0 Å². The van der Waals surface area contributed by atoms with E-state index in [1.807, 2.05) is 20.8 Å². The predicted molar refractivity (Wildman–Crippen MR) is 85.4 cm³/mol. The largest absolute Gasteiger partial charge is 0.346 e. The van der Waals surface area contributed by atoms with Crippen molar-refractivity contribution in [1.29, 1.82) is 0 Å². The summed E-state index contributed by atoms with van der Waals surface area (Å²) in [6, 6.07) is -0.347. The fraction of sp³-hybridized carbons (Fsp3) is 0.733. The van der Waals surface area contributed by atoms with Crippen LogP contribution in [0.2, 0.25) is 0 Å². The Morgan fingerprint density at radius 2 is 1.89 bits per heavy atom. The van der Waals surface area contributed by atoms with E-state index >= 15 is 0 Å². The molecule has 0 saturated heterocycles. The molecule has 116 valence electrons. The molecule has 0 fully saturated rings. The van der Waals surface area contributed by atoms with Crippen molar-refractivity contribution in [3.05, 3.63) is 12.7 Å². The van der Waals surface area contributed by atoms with E-state index in [-0.39, 0.29) is 14.7 Å². The Bertz CT molecular complexity index is 254. The van der Waals surface area contributed by atoms with E-state index in [2.05, 4.69) is 24.1 Å². The van der Waals surface area contributed by atoms with Crippen molar-refractivity contribution in [3.8, 4) is 0 Å². The van der Waals surface area contributed by atoms with Crippen LogP contribution in [0.4, 0.5) is 0 Å². The molecule has 0 aliphatic carbocycles.